The highest BCUT2D eigenvalue weighted by Gasteiger charge is 2.05. The molecule has 0 saturated carbocycles. The maximum absolute atomic E-state index is 10.6. The van der Waals surface area contributed by atoms with Gasteiger partial charge in [-0.1, -0.05) is 24.3 Å². The Kier molecular flexibility index (Phi) is 5.12. The molecule has 1 aromatic carbocycles. The number of amides is 1. The van der Waals surface area contributed by atoms with Crippen LogP contribution in [-0.4, -0.2) is 23.6 Å². The molecule has 0 atom stereocenters. The van der Waals surface area contributed by atoms with Gasteiger partial charge in [-0.25, -0.2) is 0 Å². The first-order chi connectivity index (χ1) is 8.09. The molecule has 0 unspecified atom stereocenters. The van der Waals surface area contributed by atoms with Crippen molar-refractivity contribution in [1.82, 2.24) is 5.48 Å². The maximum Gasteiger partial charge on any atom is 0.307 e. The molecular weight excluding hydrogens is 224 g/mol. The molecular formula is C11H14N2O4. The molecule has 92 valence electrons. The summed E-state index contributed by atoms with van der Waals surface area (Å²) < 4.78 is 0. The predicted molar refractivity (Wildman–Crippen MR) is 59.8 cm³/mol. The summed E-state index contributed by atoms with van der Waals surface area (Å²) in [5, 5.41) is 8.72. The molecule has 1 amide bonds. The molecule has 17 heavy (non-hydrogen) atoms. The van der Waals surface area contributed by atoms with Crippen molar-refractivity contribution in [3.8, 4) is 0 Å². The van der Waals surface area contributed by atoms with Gasteiger partial charge in [0.15, 0.2) is 0 Å². The molecule has 6 nitrogen and oxygen atoms in total. The lowest BCUT2D eigenvalue weighted by atomic mass is 10.1. The van der Waals surface area contributed by atoms with Crippen molar-refractivity contribution in [1.29, 1.82) is 0 Å². The Balaban J connectivity index is 2.51. The van der Waals surface area contributed by atoms with Crippen molar-refractivity contribution < 1.29 is 19.5 Å². The molecule has 0 aromatic heterocycles. The van der Waals surface area contributed by atoms with E-state index in [1.807, 2.05) is 0 Å². The summed E-state index contributed by atoms with van der Waals surface area (Å²) in [4.78, 5) is 25.8. The van der Waals surface area contributed by atoms with Crippen molar-refractivity contribution in [3.63, 3.8) is 0 Å². The molecule has 0 bridgehead atoms. The molecule has 1 aromatic rings. The predicted octanol–water partition coefficient (Wildman–Crippen LogP) is -0.180. The summed E-state index contributed by atoms with van der Waals surface area (Å²) in [6, 6.07) is 7.10. The van der Waals surface area contributed by atoms with E-state index in [9.17, 15) is 9.59 Å². The van der Waals surface area contributed by atoms with Crippen LogP contribution in [0.15, 0.2) is 24.3 Å². The second kappa shape index (κ2) is 6.62. The molecule has 0 aliphatic carbocycles. The highest BCUT2D eigenvalue weighted by atomic mass is 16.6. The minimum absolute atomic E-state index is 0.0479. The first-order valence-corrected chi connectivity index (χ1v) is 5.01. The topological polar surface area (TPSA) is 102 Å². The van der Waals surface area contributed by atoms with Crippen molar-refractivity contribution in [2.45, 2.75) is 13.0 Å². The molecule has 0 saturated heterocycles. The number of hydrogen-bond donors (Lipinski definition) is 3. The van der Waals surface area contributed by atoms with Crippen LogP contribution in [0.2, 0.25) is 0 Å². The Morgan fingerprint density at radius 1 is 1.29 bits per heavy atom. The Labute approximate surface area is 98.3 Å². The van der Waals surface area contributed by atoms with Crippen molar-refractivity contribution in [2.24, 2.45) is 5.73 Å². The third kappa shape index (κ3) is 5.10. The van der Waals surface area contributed by atoms with E-state index in [2.05, 4.69) is 5.48 Å². The molecule has 0 heterocycles. The first kappa shape index (κ1) is 13.1. The average molecular weight is 238 g/mol. The highest BCUT2D eigenvalue weighted by molar-refractivity contribution is 5.74. The number of carbonyl (C=O) groups is 2. The number of hydroxylamine groups is 1. The lowest BCUT2D eigenvalue weighted by molar-refractivity contribution is -0.136. The van der Waals surface area contributed by atoms with Gasteiger partial charge in [-0.15, -0.1) is 0 Å². The lowest BCUT2D eigenvalue weighted by Crippen LogP contribution is -2.25. The molecule has 0 spiro atoms. The highest BCUT2D eigenvalue weighted by Crippen LogP contribution is 2.09. The van der Waals surface area contributed by atoms with E-state index in [0.717, 1.165) is 5.56 Å². The standard InChI is InChI=1S/C11H14N2O4/c12-10(14)7-17-13-6-9-4-2-1-3-8(9)5-11(15)16/h1-4,13H,5-7H2,(H2,12,14)(H,15,16). The van der Waals surface area contributed by atoms with Crippen LogP contribution in [-0.2, 0) is 27.4 Å². The fourth-order valence-electron chi connectivity index (χ4n) is 1.32. The van der Waals surface area contributed by atoms with Crippen LogP contribution in [0, 0.1) is 0 Å². The molecule has 0 aliphatic rings. The second-order valence-electron chi connectivity index (χ2n) is 3.42. The smallest absolute Gasteiger partial charge is 0.307 e. The van der Waals surface area contributed by atoms with Crippen LogP contribution < -0.4 is 11.2 Å². The van der Waals surface area contributed by atoms with Gasteiger partial charge in [0.2, 0.25) is 5.91 Å². The van der Waals surface area contributed by atoms with Crippen LogP contribution >= 0.6 is 0 Å². The molecule has 0 radical (unpaired) electrons. The second-order valence-corrected chi connectivity index (χ2v) is 3.42. The van der Waals surface area contributed by atoms with Crippen molar-refractivity contribution in [3.05, 3.63) is 35.4 Å². The van der Waals surface area contributed by atoms with Crippen LogP contribution in [0.1, 0.15) is 11.1 Å². The van der Waals surface area contributed by atoms with E-state index < -0.39 is 11.9 Å². The van der Waals surface area contributed by atoms with E-state index in [1.54, 1.807) is 24.3 Å². The summed E-state index contributed by atoms with van der Waals surface area (Å²) in [6.45, 7) is 0.0951. The minimum atomic E-state index is -0.893. The zero-order valence-corrected chi connectivity index (χ0v) is 9.18. The number of carboxylic acids is 1. The number of carbonyl (C=O) groups excluding carboxylic acids is 1. The number of carboxylic acid groups (broad SMARTS) is 1. The van der Waals surface area contributed by atoms with Gasteiger partial charge in [-0.05, 0) is 11.1 Å². The fourth-order valence-corrected chi connectivity index (χ4v) is 1.32. The molecule has 1 rings (SSSR count). The lowest BCUT2D eigenvalue weighted by Gasteiger charge is -2.08. The number of benzene rings is 1. The number of hydrogen-bond acceptors (Lipinski definition) is 4. The monoisotopic (exact) mass is 238 g/mol. The Morgan fingerprint density at radius 2 is 1.94 bits per heavy atom. The van der Waals surface area contributed by atoms with Crippen LogP contribution in [0.5, 0.6) is 0 Å². The Morgan fingerprint density at radius 3 is 2.53 bits per heavy atom. The molecule has 0 fully saturated rings. The van der Waals surface area contributed by atoms with Crippen molar-refractivity contribution >= 4 is 11.9 Å². The van der Waals surface area contributed by atoms with Gasteiger partial charge in [-0.2, -0.15) is 5.48 Å². The van der Waals surface area contributed by atoms with Gasteiger partial charge in [-0.3, -0.25) is 14.4 Å². The van der Waals surface area contributed by atoms with Crippen LogP contribution in [0.25, 0.3) is 0 Å². The number of nitrogens with one attached hydrogen (secondary N) is 1. The van der Waals surface area contributed by atoms with E-state index in [1.165, 1.54) is 0 Å². The quantitative estimate of drug-likeness (QED) is 0.452. The summed E-state index contributed by atoms with van der Waals surface area (Å²) >= 11 is 0. The molecule has 0 aliphatic heterocycles. The summed E-state index contributed by atoms with van der Waals surface area (Å²) in [7, 11) is 0. The largest absolute Gasteiger partial charge is 0.481 e. The zero-order chi connectivity index (χ0) is 12.7. The number of rotatable bonds is 7. The van der Waals surface area contributed by atoms with Crippen LogP contribution in [0.3, 0.4) is 0 Å². The van der Waals surface area contributed by atoms with Crippen molar-refractivity contribution in [2.75, 3.05) is 6.61 Å². The third-order valence-electron chi connectivity index (χ3n) is 2.04. The average Bonchev–Trinajstić information content (AvgIpc) is 2.25. The molecule has 6 heteroatoms. The third-order valence-corrected chi connectivity index (χ3v) is 2.04. The summed E-state index contributed by atoms with van der Waals surface area (Å²) in [5.41, 5.74) is 8.95. The first-order valence-electron chi connectivity index (χ1n) is 5.01. The van der Waals surface area contributed by atoms with E-state index in [0.29, 0.717) is 12.1 Å². The summed E-state index contributed by atoms with van der Waals surface area (Å²) in [6.07, 6.45) is -0.0479. The SMILES string of the molecule is NC(=O)CONCc1ccccc1CC(=O)O. The zero-order valence-electron chi connectivity index (χ0n) is 9.18. The Bertz CT molecular complexity index is 406. The van der Waals surface area contributed by atoms with Gasteiger partial charge in [0.1, 0.15) is 6.61 Å². The maximum atomic E-state index is 10.6. The van der Waals surface area contributed by atoms with Crippen LogP contribution in [0.4, 0.5) is 0 Å². The number of aliphatic carboxylic acids is 1. The fraction of sp³-hybridized carbons (Fsp3) is 0.273. The molecule has 4 N–H and O–H groups in total. The summed E-state index contributed by atoms with van der Waals surface area (Å²) in [5.74, 6) is -1.47. The van der Waals surface area contributed by atoms with Gasteiger partial charge in [0.05, 0.1) is 6.42 Å². The van der Waals surface area contributed by atoms with Gasteiger partial charge < -0.3 is 10.8 Å². The van der Waals surface area contributed by atoms with Gasteiger partial charge in [0, 0.05) is 6.54 Å². The Hall–Kier alpha value is -1.92. The number of primary amides is 1. The normalized spacial score (nSPS) is 10.1. The van der Waals surface area contributed by atoms with E-state index in [4.69, 9.17) is 15.7 Å². The van der Waals surface area contributed by atoms with E-state index in [-0.39, 0.29) is 13.0 Å². The van der Waals surface area contributed by atoms with E-state index >= 15 is 0 Å². The van der Waals surface area contributed by atoms with Gasteiger partial charge >= 0.3 is 5.97 Å². The van der Waals surface area contributed by atoms with Gasteiger partial charge in [0.25, 0.3) is 0 Å². The number of nitrogens with two attached hydrogens (primary N) is 1. The minimum Gasteiger partial charge on any atom is -0.481 e.